The SMILES string of the molecule is CC(=CC(=CC(C)C)c1ccccc1)C1C=CCCC1C. The molecule has 1 aromatic carbocycles. The maximum atomic E-state index is 2.40. The molecule has 0 N–H and O–H groups in total. The molecule has 0 saturated heterocycles. The maximum Gasteiger partial charge on any atom is 0.000306 e. The van der Waals surface area contributed by atoms with Gasteiger partial charge in [-0.05, 0) is 42.7 Å². The Morgan fingerprint density at radius 3 is 2.52 bits per heavy atom. The third-order valence-electron chi connectivity index (χ3n) is 4.27. The summed E-state index contributed by atoms with van der Waals surface area (Å²) in [6.45, 7) is 9.15. The second-order valence-electron chi connectivity index (χ2n) is 6.63. The van der Waals surface area contributed by atoms with E-state index >= 15 is 0 Å². The van der Waals surface area contributed by atoms with Crippen LogP contribution < -0.4 is 0 Å². The summed E-state index contributed by atoms with van der Waals surface area (Å²) in [7, 11) is 0. The second kappa shape index (κ2) is 7.45. The van der Waals surface area contributed by atoms with Crippen LogP contribution in [0.3, 0.4) is 0 Å². The summed E-state index contributed by atoms with van der Waals surface area (Å²) in [5.41, 5.74) is 4.15. The Balaban J connectivity index is 2.32. The third kappa shape index (κ3) is 4.46. The van der Waals surface area contributed by atoms with Gasteiger partial charge in [-0.3, -0.25) is 0 Å². The van der Waals surface area contributed by atoms with E-state index in [0.29, 0.717) is 11.8 Å². The lowest BCUT2D eigenvalue weighted by Crippen LogP contribution is -2.13. The first-order chi connectivity index (χ1) is 10.1. The fraction of sp³-hybridized carbons (Fsp3) is 0.429. The molecule has 0 nitrogen and oxygen atoms in total. The highest BCUT2D eigenvalue weighted by Gasteiger charge is 2.18. The van der Waals surface area contributed by atoms with Crippen LogP contribution in [0.1, 0.15) is 46.1 Å². The van der Waals surface area contributed by atoms with Crippen LogP contribution in [0.2, 0.25) is 0 Å². The predicted octanol–water partition coefficient (Wildman–Crippen LogP) is 6.27. The Morgan fingerprint density at radius 1 is 1.19 bits per heavy atom. The van der Waals surface area contributed by atoms with E-state index in [1.165, 1.54) is 29.6 Å². The third-order valence-corrected chi connectivity index (χ3v) is 4.27. The molecule has 2 atom stereocenters. The number of hydrogen-bond acceptors (Lipinski definition) is 0. The number of allylic oxidation sites excluding steroid dienone is 6. The summed E-state index contributed by atoms with van der Waals surface area (Å²) in [5.74, 6) is 1.91. The van der Waals surface area contributed by atoms with E-state index in [2.05, 4.69) is 82.3 Å². The van der Waals surface area contributed by atoms with Crippen LogP contribution in [0.5, 0.6) is 0 Å². The normalized spacial score (nSPS) is 23.7. The van der Waals surface area contributed by atoms with Crippen molar-refractivity contribution in [1.82, 2.24) is 0 Å². The Hall–Kier alpha value is -1.56. The minimum absolute atomic E-state index is 0.559. The van der Waals surface area contributed by atoms with Crippen LogP contribution in [-0.2, 0) is 0 Å². The highest BCUT2D eigenvalue weighted by molar-refractivity contribution is 5.74. The molecule has 0 heterocycles. The molecule has 0 heteroatoms. The minimum Gasteiger partial charge on any atom is -0.0879 e. The van der Waals surface area contributed by atoms with Crippen LogP contribution in [0, 0.1) is 17.8 Å². The number of hydrogen-bond donors (Lipinski definition) is 0. The molecule has 0 saturated carbocycles. The molecule has 0 aromatic heterocycles. The van der Waals surface area contributed by atoms with E-state index in [9.17, 15) is 0 Å². The van der Waals surface area contributed by atoms with Crippen LogP contribution in [0.4, 0.5) is 0 Å². The molecule has 0 bridgehead atoms. The molecule has 2 unspecified atom stereocenters. The van der Waals surface area contributed by atoms with Gasteiger partial charge in [0.05, 0.1) is 0 Å². The summed E-state index contributed by atoms with van der Waals surface area (Å²) in [4.78, 5) is 0. The summed E-state index contributed by atoms with van der Waals surface area (Å²) in [5, 5.41) is 0. The van der Waals surface area contributed by atoms with Gasteiger partial charge in [0.1, 0.15) is 0 Å². The standard InChI is InChI=1S/C21H28/c1-16(2)14-20(19-11-6-5-7-12-19)15-18(4)21-13-9-8-10-17(21)3/h5-7,9,11-17,21H,8,10H2,1-4H3. The van der Waals surface area contributed by atoms with E-state index in [1.807, 2.05) is 0 Å². The Bertz CT molecular complexity index is 528. The van der Waals surface area contributed by atoms with Crippen molar-refractivity contribution in [2.75, 3.05) is 0 Å². The molecule has 1 aliphatic carbocycles. The molecule has 1 aliphatic rings. The van der Waals surface area contributed by atoms with Crippen LogP contribution in [-0.4, -0.2) is 0 Å². The van der Waals surface area contributed by atoms with Gasteiger partial charge >= 0.3 is 0 Å². The molecule has 1 aromatic rings. The van der Waals surface area contributed by atoms with E-state index in [0.717, 1.165) is 5.92 Å². The topological polar surface area (TPSA) is 0 Å². The Kier molecular flexibility index (Phi) is 5.61. The summed E-state index contributed by atoms with van der Waals surface area (Å²) in [6, 6.07) is 10.7. The zero-order valence-electron chi connectivity index (χ0n) is 13.8. The van der Waals surface area contributed by atoms with Gasteiger partial charge in [0.15, 0.2) is 0 Å². The van der Waals surface area contributed by atoms with Gasteiger partial charge in [0.25, 0.3) is 0 Å². The number of benzene rings is 1. The monoisotopic (exact) mass is 280 g/mol. The largest absolute Gasteiger partial charge is 0.0879 e. The molecular weight excluding hydrogens is 252 g/mol. The Morgan fingerprint density at radius 2 is 1.90 bits per heavy atom. The van der Waals surface area contributed by atoms with Crippen LogP contribution >= 0.6 is 0 Å². The fourth-order valence-corrected chi connectivity index (χ4v) is 3.13. The highest BCUT2D eigenvalue weighted by atomic mass is 14.2. The van der Waals surface area contributed by atoms with Gasteiger partial charge in [-0.2, -0.15) is 0 Å². The van der Waals surface area contributed by atoms with Gasteiger partial charge in [-0.25, -0.2) is 0 Å². The first kappa shape index (κ1) is 15.8. The van der Waals surface area contributed by atoms with Crippen LogP contribution in [0.25, 0.3) is 5.57 Å². The van der Waals surface area contributed by atoms with Gasteiger partial charge in [0, 0.05) is 5.92 Å². The van der Waals surface area contributed by atoms with Crippen molar-refractivity contribution in [3.63, 3.8) is 0 Å². The van der Waals surface area contributed by atoms with Gasteiger partial charge in [0.2, 0.25) is 0 Å². The fourth-order valence-electron chi connectivity index (χ4n) is 3.13. The van der Waals surface area contributed by atoms with E-state index in [1.54, 1.807) is 0 Å². The van der Waals surface area contributed by atoms with E-state index in [4.69, 9.17) is 0 Å². The van der Waals surface area contributed by atoms with Crippen molar-refractivity contribution in [3.8, 4) is 0 Å². The minimum atomic E-state index is 0.559. The van der Waals surface area contributed by atoms with Gasteiger partial charge in [-0.1, -0.05) is 81.0 Å². The van der Waals surface area contributed by atoms with Crippen molar-refractivity contribution < 1.29 is 0 Å². The van der Waals surface area contributed by atoms with Gasteiger partial charge < -0.3 is 0 Å². The van der Waals surface area contributed by atoms with E-state index < -0.39 is 0 Å². The van der Waals surface area contributed by atoms with Crippen molar-refractivity contribution in [1.29, 1.82) is 0 Å². The lowest BCUT2D eigenvalue weighted by molar-refractivity contribution is 0.430. The molecule has 0 amide bonds. The Labute approximate surface area is 130 Å². The predicted molar refractivity (Wildman–Crippen MR) is 94.0 cm³/mol. The number of rotatable bonds is 4. The first-order valence-electron chi connectivity index (χ1n) is 8.20. The maximum absolute atomic E-state index is 2.40. The molecular formula is C21H28. The lowest BCUT2D eigenvalue weighted by Gasteiger charge is -2.25. The molecule has 0 spiro atoms. The lowest BCUT2D eigenvalue weighted by atomic mass is 9.80. The molecule has 112 valence electrons. The van der Waals surface area contributed by atoms with E-state index in [-0.39, 0.29) is 0 Å². The zero-order valence-corrected chi connectivity index (χ0v) is 13.8. The second-order valence-corrected chi connectivity index (χ2v) is 6.63. The first-order valence-corrected chi connectivity index (χ1v) is 8.20. The highest BCUT2D eigenvalue weighted by Crippen LogP contribution is 2.32. The molecule has 0 fully saturated rings. The van der Waals surface area contributed by atoms with Crippen molar-refractivity contribution >= 4 is 5.57 Å². The molecule has 2 rings (SSSR count). The average Bonchev–Trinajstić information content (AvgIpc) is 2.47. The smallest absolute Gasteiger partial charge is 0.000306 e. The van der Waals surface area contributed by atoms with Crippen LogP contribution in [0.15, 0.2) is 60.2 Å². The quantitative estimate of drug-likeness (QED) is 0.450. The van der Waals surface area contributed by atoms with Crippen molar-refractivity contribution in [2.45, 2.75) is 40.5 Å². The van der Waals surface area contributed by atoms with Crippen molar-refractivity contribution in [3.05, 3.63) is 65.8 Å². The molecule has 0 aliphatic heterocycles. The van der Waals surface area contributed by atoms with Crippen molar-refractivity contribution in [2.24, 2.45) is 17.8 Å². The average molecular weight is 280 g/mol. The summed E-state index contributed by atoms with van der Waals surface area (Å²) < 4.78 is 0. The van der Waals surface area contributed by atoms with Gasteiger partial charge in [-0.15, -0.1) is 0 Å². The molecule has 0 radical (unpaired) electrons. The summed E-state index contributed by atoms with van der Waals surface area (Å²) >= 11 is 0. The zero-order chi connectivity index (χ0) is 15.2. The molecule has 21 heavy (non-hydrogen) atoms. The summed E-state index contributed by atoms with van der Waals surface area (Å²) in [6.07, 6.45) is 12.1.